The quantitative estimate of drug-likeness (QED) is 0.673. The van der Waals surface area contributed by atoms with E-state index in [0.717, 1.165) is 18.4 Å². The molecule has 2 aliphatic rings. The molecule has 1 atom stereocenters. The van der Waals surface area contributed by atoms with Crippen LogP contribution in [-0.4, -0.2) is 41.0 Å². The third-order valence-electron chi connectivity index (χ3n) is 5.71. The number of carbonyl (C=O) groups is 1. The minimum atomic E-state index is -0.817. The van der Waals surface area contributed by atoms with E-state index in [1.807, 2.05) is 31.2 Å². The molecule has 1 amide bonds. The monoisotopic (exact) mass is 438 g/mol. The van der Waals surface area contributed by atoms with Crippen molar-refractivity contribution in [1.29, 1.82) is 10.7 Å². The number of rotatable bonds is 4. The molecule has 0 radical (unpaired) electrons. The van der Waals surface area contributed by atoms with Crippen molar-refractivity contribution < 1.29 is 9.53 Å². The molecule has 31 heavy (non-hydrogen) atoms. The lowest BCUT2D eigenvalue weighted by Crippen LogP contribution is -2.62. The standard InChI is InChI=1S/C22H23ClN6O2/c1-22(11-19(30)29(21(25)28-22)15-7-9-31-10-8-15)16-3-2-4-17(20(16)23)27-18-6-5-14(12-24)13-26-18/h2-6,13,15H,7-11H2,1H3,(H2,25,28)(H,26,27)/t22-/m0/s1. The number of pyridine rings is 1. The maximum atomic E-state index is 13.0. The van der Waals surface area contributed by atoms with Gasteiger partial charge in [-0.3, -0.25) is 15.1 Å². The fourth-order valence-corrected chi connectivity index (χ4v) is 4.48. The summed E-state index contributed by atoms with van der Waals surface area (Å²) < 4.78 is 5.39. The largest absolute Gasteiger partial charge is 0.381 e. The average Bonchev–Trinajstić information content (AvgIpc) is 2.76. The highest BCUT2D eigenvalue weighted by Crippen LogP contribution is 2.39. The lowest BCUT2D eigenvalue weighted by molar-refractivity contribution is -0.133. The minimum absolute atomic E-state index is 0.0169. The van der Waals surface area contributed by atoms with E-state index in [1.165, 1.54) is 6.20 Å². The predicted molar refractivity (Wildman–Crippen MR) is 117 cm³/mol. The number of nitrogens with zero attached hydrogens (tertiary/aromatic N) is 3. The molecule has 0 spiro atoms. The van der Waals surface area contributed by atoms with Crippen LogP contribution in [0.2, 0.25) is 5.02 Å². The number of carbonyl (C=O) groups excluding carboxylic acids is 1. The van der Waals surface area contributed by atoms with Gasteiger partial charge in [0.1, 0.15) is 11.9 Å². The van der Waals surface area contributed by atoms with Gasteiger partial charge in [-0.2, -0.15) is 5.26 Å². The minimum Gasteiger partial charge on any atom is -0.381 e. The van der Waals surface area contributed by atoms with E-state index in [1.54, 1.807) is 17.0 Å². The Labute approximate surface area is 185 Å². The molecule has 3 N–H and O–H groups in total. The van der Waals surface area contributed by atoms with Crippen molar-refractivity contribution in [3.63, 3.8) is 0 Å². The van der Waals surface area contributed by atoms with Crippen molar-refractivity contribution in [2.24, 2.45) is 0 Å². The molecular formula is C22H23ClN6O2. The molecule has 1 aromatic heterocycles. The highest BCUT2D eigenvalue weighted by Gasteiger charge is 2.43. The predicted octanol–water partition coefficient (Wildman–Crippen LogP) is 3.50. The van der Waals surface area contributed by atoms with Crippen LogP contribution >= 0.6 is 11.6 Å². The van der Waals surface area contributed by atoms with Crippen molar-refractivity contribution in [3.05, 3.63) is 52.7 Å². The first-order chi connectivity index (χ1) is 14.9. The summed E-state index contributed by atoms with van der Waals surface area (Å²) in [7, 11) is 0. The molecule has 0 bridgehead atoms. The van der Waals surface area contributed by atoms with Gasteiger partial charge in [0.2, 0.25) is 5.91 Å². The summed E-state index contributed by atoms with van der Waals surface area (Å²) in [5, 5.41) is 24.3. The van der Waals surface area contributed by atoms with E-state index in [4.69, 9.17) is 27.0 Å². The number of halogens is 1. The number of hydrogen-bond donors (Lipinski definition) is 3. The Hall–Kier alpha value is -3.15. The highest BCUT2D eigenvalue weighted by atomic mass is 35.5. The van der Waals surface area contributed by atoms with Crippen LogP contribution in [0.3, 0.4) is 0 Å². The van der Waals surface area contributed by atoms with Crippen molar-refractivity contribution in [3.8, 4) is 6.07 Å². The zero-order chi connectivity index (χ0) is 22.0. The van der Waals surface area contributed by atoms with Crippen LogP contribution in [0.5, 0.6) is 0 Å². The summed E-state index contributed by atoms with van der Waals surface area (Å²) in [4.78, 5) is 18.8. The molecule has 8 nitrogen and oxygen atoms in total. The number of anilines is 2. The molecule has 4 rings (SSSR count). The van der Waals surface area contributed by atoms with E-state index in [-0.39, 0.29) is 24.3 Å². The number of nitriles is 1. The third kappa shape index (κ3) is 4.20. The lowest BCUT2D eigenvalue weighted by Gasteiger charge is -2.45. The first-order valence-corrected chi connectivity index (χ1v) is 10.5. The molecule has 2 fully saturated rings. The van der Waals surface area contributed by atoms with E-state index in [2.05, 4.69) is 15.6 Å². The second kappa shape index (κ2) is 8.53. The Morgan fingerprint density at radius 1 is 1.35 bits per heavy atom. The number of guanidine groups is 1. The molecule has 0 unspecified atom stereocenters. The molecule has 1 aromatic carbocycles. The van der Waals surface area contributed by atoms with Crippen LogP contribution in [0, 0.1) is 16.7 Å². The third-order valence-corrected chi connectivity index (χ3v) is 6.12. The van der Waals surface area contributed by atoms with E-state index < -0.39 is 5.54 Å². The Morgan fingerprint density at radius 3 is 2.77 bits per heavy atom. The van der Waals surface area contributed by atoms with Gasteiger partial charge in [0, 0.05) is 25.5 Å². The molecule has 2 aromatic rings. The number of nitrogens with one attached hydrogen (secondary N) is 3. The maximum absolute atomic E-state index is 13.0. The fourth-order valence-electron chi connectivity index (χ4n) is 4.10. The van der Waals surface area contributed by atoms with Gasteiger partial charge in [0.25, 0.3) is 0 Å². The molecule has 160 valence electrons. The molecule has 2 saturated heterocycles. The molecule has 0 aliphatic carbocycles. The average molecular weight is 439 g/mol. The van der Waals surface area contributed by atoms with E-state index >= 15 is 0 Å². The number of hydrogen-bond acceptors (Lipinski definition) is 6. The molecule has 0 saturated carbocycles. The van der Waals surface area contributed by atoms with Crippen molar-refractivity contribution >= 4 is 35.0 Å². The normalized spacial score (nSPS) is 22.0. The molecule has 3 heterocycles. The second-order valence-electron chi connectivity index (χ2n) is 7.93. The van der Waals surface area contributed by atoms with E-state index in [0.29, 0.717) is 35.3 Å². The maximum Gasteiger partial charge on any atom is 0.232 e. The van der Waals surface area contributed by atoms with Gasteiger partial charge in [-0.25, -0.2) is 4.98 Å². The van der Waals surface area contributed by atoms with Crippen LogP contribution in [0.4, 0.5) is 11.5 Å². The van der Waals surface area contributed by atoms with Crippen LogP contribution < -0.4 is 10.6 Å². The van der Waals surface area contributed by atoms with Crippen LogP contribution in [0.25, 0.3) is 0 Å². The Morgan fingerprint density at radius 2 is 2.13 bits per heavy atom. The van der Waals surface area contributed by atoms with Crippen LogP contribution in [0.15, 0.2) is 36.5 Å². The Kier molecular flexibility index (Phi) is 5.81. The van der Waals surface area contributed by atoms with Gasteiger partial charge in [0.15, 0.2) is 5.96 Å². The number of ether oxygens (including phenoxy) is 1. The zero-order valence-electron chi connectivity index (χ0n) is 17.1. The number of amides is 1. The number of benzene rings is 1. The Balaban J connectivity index is 1.57. The first kappa shape index (κ1) is 21.1. The molecule has 2 aliphatic heterocycles. The van der Waals surface area contributed by atoms with Gasteiger partial charge in [-0.05, 0) is 43.5 Å². The summed E-state index contributed by atoms with van der Waals surface area (Å²) in [6.07, 6.45) is 3.12. The summed E-state index contributed by atoms with van der Waals surface area (Å²) >= 11 is 6.73. The zero-order valence-corrected chi connectivity index (χ0v) is 17.9. The van der Waals surface area contributed by atoms with Gasteiger partial charge in [0.05, 0.1) is 28.2 Å². The lowest BCUT2D eigenvalue weighted by atomic mass is 9.85. The van der Waals surface area contributed by atoms with Gasteiger partial charge in [-0.1, -0.05) is 23.7 Å². The number of aromatic nitrogens is 1. The van der Waals surface area contributed by atoms with Crippen LogP contribution in [-0.2, 0) is 15.1 Å². The molecule has 9 heteroatoms. The summed E-state index contributed by atoms with van der Waals surface area (Å²) in [6, 6.07) is 10.9. The van der Waals surface area contributed by atoms with Crippen molar-refractivity contribution in [2.45, 2.75) is 37.8 Å². The van der Waals surface area contributed by atoms with Crippen LogP contribution in [0.1, 0.15) is 37.3 Å². The SMILES string of the molecule is C[C@@]1(c2cccc(Nc3ccc(C#N)cn3)c2Cl)CC(=O)N(C2CCOCC2)C(=N)N1. The summed E-state index contributed by atoms with van der Waals surface area (Å²) in [6.45, 7) is 3.08. The fraction of sp³-hybridized carbons (Fsp3) is 0.364. The van der Waals surface area contributed by atoms with Gasteiger partial charge in [-0.15, -0.1) is 0 Å². The topological polar surface area (TPSA) is 114 Å². The van der Waals surface area contributed by atoms with E-state index in [9.17, 15) is 4.79 Å². The van der Waals surface area contributed by atoms with Gasteiger partial charge < -0.3 is 15.4 Å². The first-order valence-electron chi connectivity index (χ1n) is 10.1. The second-order valence-corrected chi connectivity index (χ2v) is 8.30. The summed E-state index contributed by atoms with van der Waals surface area (Å²) in [5.74, 6) is 0.546. The smallest absolute Gasteiger partial charge is 0.232 e. The van der Waals surface area contributed by atoms with Gasteiger partial charge >= 0.3 is 0 Å². The van der Waals surface area contributed by atoms with Crippen molar-refractivity contribution in [2.75, 3.05) is 18.5 Å². The van der Waals surface area contributed by atoms with Crippen molar-refractivity contribution in [1.82, 2.24) is 15.2 Å². The molecular weight excluding hydrogens is 416 g/mol. The highest BCUT2D eigenvalue weighted by molar-refractivity contribution is 6.34. The summed E-state index contributed by atoms with van der Waals surface area (Å²) in [5.41, 5.74) is 1.00. The Bertz CT molecular complexity index is 1020.